The molecule has 0 saturated carbocycles. The van der Waals surface area contributed by atoms with Crippen molar-refractivity contribution >= 4 is 11.9 Å². The Morgan fingerprint density at radius 3 is 2.65 bits per heavy atom. The van der Waals surface area contributed by atoms with Crippen LogP contribution in [0.5, 0.6) is 0 Å². The maximum atomic E-state index is 12.5. The Morgan fingerprint density at radius 1 is 1.39 bits per heavy atom. The van der Waals surface area contributed by atoms with Crippen LogP contribution in [0.3, 0.4) is 0 Å². The summed E-state index contributed by atoms with van der Waals surface area (Å²) in [6.07, 6.45) is 5.05. The largest absolute Gasteiger partial charge is 0.444 e. The van der Waals surface area contributed by atoms with E-state index in [2.05, 4.69) is 12.0 Å². The van der Waals surface area contributed by atoms with Crippen LogP contribution in [0.1, 0.15) is 57.3 Å². The lowest BCUT2D eigenvalue weighted by Gasteiger charge is -2.38. The summed E-state index contributed by atoms with van der Waals surface area (Å²) >= 11 is 0. The van der Waals surface area contributed by atoms with Crippen molar-refractivity contribution in [3.8, 4) is 0 Å². The van der Waals surface area contributed by atoms with Gasteiger partial charge >= 0.3 is 6.09 Å². The Hall–Kier alpha value is -1.85. The van der Waals surface area contributed by atoms with Gasteiger partial charge in [-0.25, -0.2) is 4.79 Å². The first-order chi connectivity index (χ1) is 10.7. The number of carbonyl (C=O) groups excluding carboxylic acids is 2. The zero-order valence-corrected chi connectivity index (χ0v) is 14.7. The van der Waals surface area contributed by atoms with Gasteiger partial charge in [0.05, 0.1) is 11.8 Å². The van der Waals surface area contributed by atoms with Crippen molar-refractivity contribution in [1.29, 1.82) is 0 Å². The molecule has 0 bridgehead atoms. The third-order valence-corrected chi connectivity index (χ3v) is 4.05. The minimum Gasteiger partial charge on any atom is -0.444 e. The Kier molecular flexibility index (Phi) is 5.12. The maximum Gasteiger partial charge on any atom is 0.410 e. The number of likely N-dealkylation sites (tertiary alicyclic amines) is 1. The van der Waals surface area contributed by atoms with E-state index in [9.17, 15) is 9.59 Å². The highest BCUT2D eigenvalue weighted by Crippen LogP contribution is 2.27. The molecule has 1 saturated heterocycles. The molecule has 1 aromatic heterocycles. The van der Waals surface area contributed by atoms with Gasteiger partial charge in [0.15, 0.2) is 5.78 Å². The number of hydrogen-bond acceptors (Lipinski definition) is 4. The van der Waals surface area contributed by atoms with Crippen molar-refractivity contribution < 1.29 is 14.3 Å². The average Bonchev–Trinajstić information content (AvgIpc) is 2.83. The van der Waals surface area contributed by atoms with Gasteiger partial charge in [-0.1, -0.05) is 6.92 Å². The summed E-state index contributed by atoms with van der Waals surface area (Å²) in [5.41, 5.74) is 0.0628. The molecule has 1 aliphatic heterocycles. The molecule has 2 unspecified atom stereocenters. The monoisotopic (exact) mass is 321 g/mol. The van der Waals surface area contributed by atoms with Crippen molar-refractivity contribution in [2.24, 2.45) is 13.0 Å². The Bertz CT molecular complexity index is 574. The molecule has 0 aromatic carbocycles. The average molecular weight is 321 g/mol. The van der Waals surface area contributed by atoms with Crippen LogP contribution < -0.4 is 0 Å². The summed E-state index contributed by atoms with van der Waals surface area (Å²) in [5.74, 6) is 0.520. The highest BCUT2D eigenvalue weighted by molar-refractivity contribution is 5.96. The number of hydrogen-bond donors (Lipinski definition) is 0. The molecule has 0 aliphatic carbocycles. The zero-order valence-electron chi connectivity index (χ0n) is 14.7. The topological polar surface area (TPSA) is 64.4 Å². The number of ether oxygens (including phenoxy) is 1. The molecule has 128 valence electrons. The highest BCUT2D eigenvalue weighted by atomic mass is 16.6. The third-order valence-electron chi connectivity index (χ3n) is 4.05. The van der Waals surface area contributed by atoms with Crippen LogP contribution in [0.25, 0.3) is 0 Å². The molecule has 1 amide bonds. The smallest absolute Gasteiger partial charge is 0.410 e. The summed E-state index contributed by atoms with van der Waals surface area (Å²) in [6.45, 7) is 8.36. The van der Waals surface area contributed by atoms with E-state index in [1.54, 1.807) is 29.0 Å². The second kappa shape index (κ2) is 6.72. The Morgan fingerprint density at radius 2 is 2.09 bits per heavy atom. The van der Waals surface area contributed by atoms with Gasteiger partial charge in [0, 0.05) is 32.3 Å². The Labute approximate surface area is 137 Å². The van der Waals surface area contributed by atoms with Crippen molar-refractivity contribution in [2.45, 2.75) is 58.6 Å². The number of aryl methyl sites for hydroxylation is 1. The predicted octanol–water partition coefficient (Wildman–Crippen LogP) is 3.03. The molecule has 2 heterocycles. The van der Waals surface area contributed by atoms with Gasteiger partial charge in [-0.05, 0) is 39.5 Å². The van der Waals surface area contributed by atoms with Crippen LogP contribution in [0.15, 0.2) is 12.4 Å². The SMILES string of the molecule is CC1CCN(C(=O)OC(C)(C)C)C(CC(=O)c2cnn(C)c2)C1. The molecule has 2 atom stereocenters. The number of Topliss-reactive ketones (excluding diaryl/α,β-unsaturated/α-hetero) is 1. The molecule has 2 rings (SSSR count). The first-order valence-corrected chi connectivity index (χ1v) is 8.17. The van der Waals surface area contributed by atoms with Crippen LogP contribution in [-0.4, -0.2) is 44.7 Å². The van der Waals surface area contributed by atoms with Crippen LogP contribution in [0, 0.1) is 5.92 Å². The van der Waals surface area contributed by atoms with E-state index in [0.29, 0.717) is 24.4 Å². The van der Waals surface area contributed by atoms with Crippen molar-refractivity contribution in [1.82, 2.24) is 14.7 Å². The van der Waals surface area contributed by atoms with Gasteiger partial charge in [-0.2, -0.15) is 5.10 Å². The molecule has 0 N–H and O–H groups in total. The molecule has 23 heavy (non-hydrogen) atoms. The molecule has 0 radical (unpaired) electrons. The first-order valence-electron chi connectivity index (χ1n) is 8.17. The minimum atomic E-state index is -0.530. The van der Waals surface area contributed by atoms with E-state index in [-0.39, 0.29) is 17.9 Å². The third kappa shape index (κ3) is 4.81. The fraction of sp³-hybridized carbons (Fsp3) is 0.706. The van der Waals surface area contributed by atoms with E-state index in [0.717, 1.165) is 12.8 Å². The fourth-order valence-electron chi connectivity index (χ4n) is 2.90. The van der Waals surface area contributed by atoms with E-state index in [1.165, 1.54) is 0 Å². The van der Waals surface area contributed by atoms with Gasteiger partial charge in [0.2, 0.25) is 0 Å². The minimum absolute atomic E-state index is 0.0192. The van der Waals surface area contributed by atoms with Crippen LogP contribution in [0.2, 0.25) is 0 Å². The van der Waals surface area contributed by atoms with Gasteiger partial charge < -0.3 is 9.64 Å². The summed E-state index contributed by atoms with van der Waals surface area (Å²) in [7, 11) is 1.78. The van der Waals surface area contributed by atoms with Gasteiger partial charge in [-0.3, -0.25) is 9.48 Å². The van der Waals surface area contributed by atoms with Crippen LogP contribution in [0.4, 0.5) is 4.79 Å². The summed E-state index contributed by atoms with van der Waals surface area (Å²) in [5, 5.41) is 4.04. The molecule has 6 nitrogen and oxygen atoms in total. The molecular formula is C17H27N3O3. The summed E-state index contributed by atoms with van der Waals surface area (Å²) in [4.78, 5) is 26.6. The second-order valence-electron chi connectivity index (χ2n) is 7.49. The van der Waals surface area contributed by atoms with E-state index in [1.807, 2.05) is 20.8 Å². The number of piperidine rings is 1. The maximum absolute atomic E-state index is 12.5. The van der Waals surface area contributed by atoms with Crippen molar-refractivity contribution in [3.05, 3.63) is 18.0 Å². The number of rotatable bonds is 3. The second-order valence-corrected chi connectivity index (χ2v) is 7.49. The van der Waals surface area contributed by atoms with E-state index < -0.39 is 5.60 Å². The van der Waals surface area contributed by atoms with Crippen LogP contribution >= 0.6 is 0 Å². The number of carbonyl (C=O) groups is 2. The molecule has 0 spiro atoms. The quantitative estimate of drug-likeness (QED) is 0.803. The lowest BCUT2D eigenvalue weighted by molar-refractivity contribution is 0.00514. The van der Waals surface area contributed by atoms with Gasteiger partial charge in [0.25, 0.3) is 0 Å². The lowest BCUT2D eigenvalue weighted by atomic mass is 9.89. The number of ketones is 1. The van der Waals surface area contributed by atoms with Crippen molar-refractivity contribution in [3.63, 3.8) is 0 Å². The number of amides is 1. The van der Waals surface area contributed by atoms with Crippen molar-refractivity contribution in [2.75, 3.05) is 6.54 Å². The van der Waals surface area contributed by atoms with Gasteiger partial charge in [-0.15, -0.1) is 0 Å². The van der Waals surface area contributed by atoms with Crippen LogP contribution in [-0.2, 0) is 11.8 Å². The van der Waals surface area contributed by atoms with E-state index in [4.69, 9.17) is 4.74 Å². The lowest BCUT2D eigenvalue weighted by Crippen LogP contribution is -2.48. The van der Waals surface area contributed by atoms with E-state index >= 15 is 0 Å². The predicted molar refractivity (Wildman–Crippen MR) is 87.3 cm³/mol. The number of aromatic nitrogens is 2. The molecule has 1 aromatic rings. The molecular weight excluding hydrogens is 294 g/mol. The fourth-order valence-corrected chi connectivity index (χ4v) is 2.90. The number of nitrogens with zero attached hydrogens (tertiary/aromatic N) is 3. The molecule has 1 aliphatic rings. The summed E-state index contributed by atoms with van der Waals surface area (Å²) < 4.78 is 7.11. The highest BCUT2D eigenvalue weighted by Gasteiger charge is 2.34. The molecule has 6 heteroatoms. The first kappa shape index (κ1) is 17.5. The zero-order chi connectivity index (χ0) is 17.2. The molecule has 1 fully saturated rings. The van der Waals surface area contributed by atoms with Gasteiger partial charge in [0.1, 0.15) is 5.60 Å². The normalized spacial score (nSPS) is 22.0. The standard InChI is InChI=1S/C17H27N3O3/c1-12-6-7-20(16(22)23-17(2,3)4)14(8-12)9-15(21)13-10-18-19(5)11-13/h10-12,14H,6-9H2,1-5H3. The Balaban J connectivity index is 2.08. The summed E-state index contributed by atoms with van der Waals surface area (Å²) in [6, 6.07) is -0.110.